The van der Waals surface area contributed by atoms with E-state index in [4.69, 9.17) is 11.6 Å². The van der Waals surface area contributed by atoms with Crippen molar-refractivity contribution in [2.75, 3.05) is 19.0 Å². The lowest BCUT2D eigenvalue weighted by molar-refractivity contribution is 0.0993. The van der Waals surface area contributed by atoms with Gasteiger partial charge in [0.05, 0.1) is 5.69 Å². The molecule has 5 heteroatoms. The Morgan fingerprint density at radius 2 is 1.90 bits per heavy atom. The number of rotatable bonds is 4. The first-order valence-electron chi connectivity index (χ1n) is 6.38. The molecule has 0 atom stereocenters. The van der Waals surface area contributed by atoms with Gasteiger partial charge in [0.15, 0.2) is 5.78 Å². The van der Waals surface area contributed by atoms with Crippen molar-refractivity contribution in [3.05, 3.63) is 46.2 Å². The fourth-order valence-corrected chi connectivity index (χ4v) is 2.32. The summed E-state index contributed by atoms with van der Waals surface area (Å²) in [6, 6.07) is 7.56. The fraction of sp³-hybridized carbons (Fsp3) is 0.333. The Bertz CT molecular complexity index is 629. The lowest BCUT2D eigenvalue weighted by Crippen LogP contribution is -2.09. The van der Waals surface area contributed by atoms with E-state index in [9.17, 15) is 4.79 Å². The molecule has 0 N–H and O–H groups in total. The lowest BCUT2D eigenvalue weighted by Gasteiger charge is -2.12. The van der Waals surface area contributed by atoms with Crippen LogP contribution in [-0.2, 0) is 13.5 Å². The summed E-state index contributed by atoms with van der Waals surface area (Å²) in [7, 11) is 5.71. The molecule has 1 heterocycles. The van der Waals surface area contributed by atoms with Crippen LogP contribution >= 0.6 is 11.6 Å². The molecule has 2 rings (SSSR count). The minimum atomic E-state index is 0.0494. The summed E-state index contributed by atoms with van der Waals surface area (Å²) in [5.41, 5.74) is 3.36. The normalized spacial score (nSPS) is 10.7. The summed E-state index contributed by atoms with van der Waals surface area (Å²) in [6.07, 6.45) is 0.278. The number of aromatic nitrogens is 2. The molecular weight excluding hydrogens is 274 g/mol. The molecule has 0 saturated carbocycles. The van der Waals surface area contributed by atoms with Crippen LogP contribution in [0.5, 0.6) is 0 Å². The highest BCUT2D eigenvalue weighted by molar-refractivity contribution is 6.30. The van der Waals surface area contributed by atoms with Gasteiger partial charge in [-0.25, -0.2) is 0 Å². The molecular formula is C15H18ClN3O. The van der Waals surface area contributed by atoms with E-state index < -0.39 is 0 Å². The van der Waals surface area contributed by atoms with Gasteiger partial charge in [-0.3, -0.25) is 9.48 Å². The number of ketones is 1. The average Bonchev–Trinajstić information content (AvgIpc) is 2.65. The molecule has 106 valence electrons. The van der Waals surface area contributed by atoms with Crippen molar-refractivity contribution >= 4 is 23.1 Å². The van der Waals surface area contributed by atoms with E-state index in [0.717, 1.165) is 16.9 Å². The van der Waals surface area contributed by atoms with E-state index in [1.165, 1.54) is 0 Å². The number of hydrogen-bond donors (Lipinski definition) is 0. The Kier molecular flexibility index (Phi) is 4.14. The molecule has 1 aromatic heterocycles. The van der Waals surface area contributed by atoms with Crippen LogP contribution in [0.1, 0.15) is 21.6 Å². The number of anilines is 1. The third kappa shape index (κ3) is 2.85. The van der Waals surface area contributed by atoms with Gasteiger partial charge in [0.25, 0.3) is 0 Å². The molecule has 0 bridgehead atoms. The summed E-state index contributed by atoms with van der Waals surface area (Å²) < 4.78 is 1.59. The quantitative estimate of drug-likeness (QED) is 0.813. The standard InChI is InChI=1S/C15H18ClN3O/c1-10-13(15(16)19(4)17-10)9-14(20)11-5-7-12(8-6-11)18(2)3/h5-8H,9H2,1-4H3. The molecule has 2 aromatic rings. The number of carbonyl (C=O) groups is 1. The second-order valence-electron chi connectivity index (χ2n) is 5.02. The average molecular weight is 292 g/mol. The predicted molar refractivity (Wildman–Crippen MR) is 81.8 cm³/mol. The van der Waals surface area contributed by atoms with Crippen LogP contribution in [0, 0.1) is 6.92 Å². The van der Waals surface area contributed by atoms with Gasteiger partial charge in [0, 0.05) is 44.4 Å². The van der Waals surface area contributed by atoms with Crippen LogP contribution in [0.2, 0.25) is 5.15 Å². The first-order valence-corrected chi connectivity index (χ1v) is 6.76. The van der Waals surface area contributed by atoms with Gasteiger partial charge in [-0.05, 0) is 31.2 Å². The summed E-state index contributed by atoms with van der Waals surface area (Å²) >= 11 is 6.15. The molecule has 0 saturated heterocycles. The maximum Gasteiger partial charge on any atom is 0.167 e. The van der Waals surface area contributed by atoms with Crippen molar-refractivity contribution in [3.8, 4) is 0 Å². The Morgan fingerprint density at radius 1 is 1.30 bits per heavy atom. The van der Waals surface area contributed by atoms with Crippen LogP contribution in [0.25, 0.3) is 0 Å². The van der Waals surface area contributed by atoms with Gasteiger partial charge in [0.1, 0.15) is 5.15 Å². The van der Waals surface area contributed by atoms with E-state index in [1.807, 2.05) is 50.2 Å². The summed E-state index contributed by atoms with van der Waals surface area (Å²) in [5, 5.41) is 4.75. The maximum absolute atomic E-state index is 12.3. The molecule has 0 unspecified atom stereocenters. The SMILES string of the molecule is Cc1nn(C)c(Cl)c1CC(=O)c1ccc(N(C)C)cc1. The second-order valence-corrected chi connectivity index (χ2v) is 5.38. The lowest BCUT2D eigenvalue weighted by atomic mass is 10.0. The van der Waals surface area contributed by atoms with Gasteiger partial charge in [-0.15, -0.1) is 0 Å². The van der Waals surface area contributed by atoms with Crippen molar-refractivity contribution in [1.82, 2.24) is 9.78 Å². The molecule has 0 aliphatic carbocycles. The number of aryl methyl sites for hydroxylation is 2. The highest BCUT2D eigenvalue weighted by atomic mass is 35.5. The van der Waals surface area contributed by atoms with Crippen molar-refractivity contribution in [2.45, 2.75) is 13.3 Å². The molecule has 0 amide bonds. The van der Waals surface area contributed by atoms with Crippen molar-refractivity contribution in [1.29, 1.82) is 0 Å². The van der Waals surface area contributed by atoms with Crippen LogP contribution < -0.4 is 4.90 Å². The van der Waals surface area contributed by atoms with Gasteiger partial charge in [0.2, 0.25) is 0 Å². The van der Waals surface area contributed by atoms with Crippen LogP contribution in [0.15, 0.2) is 24.3 Å². The summed E-state index contributed by atoms with van der Waals surface area (Å²) in [4.78, 5) is 14.3. The summed E-state index contributed by atoms with van der Waals surface area (Å²) in [6.45, 7) is 1.86. The third-order valence-electron chi connectivity index (χ3n) is 3.31. The smallest absolute Gasteiger partial charge is 0.167 e. The Balaban J connectivity index is 2.20. The largest absolute Gasteiger partial charge is 0.378 e. The number of benzene rings is 1. The van der Waals surface area contributed by atoms with E-state index in [1.54, 1.807) is 11.7 Å². The maximum atomic E-state index is 12.3. The second kappa shape index (κ2) is 5.67. The molecule has 0 spiro atoms. The van der Waals surface area contributed by atoms with Crippen LogP contribution in [-0.4, -0.2) is 29.7 Å². The van der Waals surface area contributed by atoms with Gasteiger partial charge < -0.3 is 4.90 Å². The highest BCUT2D eigenvalue weighted by Crippen LogP contribution is 2.21. The van der Waals surface area contributed by atoms with Crippen LogP contribution in [0.3, 0.4) is 0 Å². The molecule has 1 aromatic carbocycles. The first-order chi connectivity index (χ1) is 9.40. The molecule has 0 radical (unpaired) electrons. The molecule has 20 heavy (non-hydrogen) atoms. The highest BCUT2D eigenvalue weighted by Gasteiger charge is 2.16. The van der Waals surface area contributed by atoms with E-state index in [-0.39, 0.29) is 12.2 Å². The first kappa shape index (κ1) is 14.6. The van der Waals surface area contributed by atoms with Crippen molar-refractivity contribution in [2.24, 2.45) is 7.05 Å². The van der Waals surface area contributed by atoms with E-state index in [2.05, 4.69) is 5.10 Å². The summed E-state index contributed by atoms with van der Waals surface area (Å²) in [5.74, 6) is 0.0494. The predicted octanol–water partition coefficient (Wildman–Crippen LogP) is 2.87. The monoisotopic (exact) mass is 291 g/mol. The number of halogens is 1. The minimum absolute atomic E-state index is 0.0494. The zero-order valence-electron chi connectivity index (χ0n) is 12.1. The van der Waals surface area contributed by atoms with Crippen molar-refractivity contribution < 1.29 is 4.79 Å². The van der Waals surface area contributed by atoms with Gasteiger partial charge in [-0.2, -0.15) is 5.10 Å². The van der Waals surface area contributed by atoms with E-state index in [0.29, 0.717) is 10.7 Å². The fourth-order valence-electron chi connectivity index (χ4n) is 2.08. The van der Waals surface area contributed by atoms with Gasteiger partial charge in [-0.1, -0.05) is 11.6 Å². The number of carbonyl (C=O) groups excluding carboxylic acids is 1. The Hall–Kier alpha value is -1.81. The number of Topliss-reactive ketones (excluding diaryl/α,β-unsaturated/α-hetero) is 1. The number of nitrogens with zero attached hydrogens (tertiary/aromatic N) is 3. The topological polar surface area (TPSA) is 38.1 Å². The molecule has 4 nitrogen and oxygen atoms in total. The van der Waals surface area contributed by atoms with Crippen LogP contribution in [0.4, 0.5) is 5.69 Å². The zero-order valence-corrected chi connectivity index (χ0v) is 12.9. The minimum Gasteiger partial charge on any atom is -0.378 e. The molecule has 0 fully saturated rings. The van der Waals surface area contributed by atoms with Crippen molar-refractivity contribution in [3.63, 3.8) is 0 Å². The Labute approximate surface area is 124 Å². The van der Waals surface area contributed by atoms with E-state index >= 15 is 0 Å². The Morgan fingerprint density at radius 3 is 2.35 bits per heavy atom. The molecule has 0 aliphatic heterocycles. The third-order valence-corrected chi connectivity index (χ3v) is 3.79. The number of hydrogen-bond acceptors (Lipinski definition) is 3. The molecule has 0 aliphatic rings. The zero-order chi connectivity index (χ0) is 14.9. The van der Waals surface area contributed by atoms with Gasteiger partial charge >= 0.3 is 0 Å².